The Hall–Kier alpha value is -1.13. The summed E-state index contributed by atoms with van der Waals surface area (Å²) < 4.78 is 19.2. The molecule has 1 aliphatic rings. The second kappa shape index (κ2) is 5.47. The summed E-state index contributed by atoms with van der Waals surface area (Å²) in [5.41, 5.74) is 1.17. The van der Waals surface area contributed by atoms with Crippen LogP contribution in [0.4, 0.5) is 10.1 Å². The molecule has 1 fully saturated rings. The van der Waals surface area contributed by atoms with Crippen LogP contribution in [0.15, 0.2) is 18.2 Å². The smallest absolute Gasteiger partial charge is 0.146 e. The maximum Gasteiger partial charge on any atom is 0.146 e. The van der Waals surface area contributed by atoms with E-state index in [9.17, 15) is 9.50 Å². The van der Waals surface area contributed by atoms with Crippen LogP contribution in [0.1, 0.15) is 18.4 Å². The lowest BCUT2D eigenvalue weighted by molar-refractivity contribution is 0.0890. The van der Waals surface area contributed by atoms with Gasteiger partial charge in [-0.3, -0.25) is 0 Å². The van der Waals surface area contributed by atoms with Gasteiger partial charge in [0.1, 0.15) is 5.82 Å². The molecule has 1 aromatic carbocycles. The Morgan fingerprint density at radius 3 is 3.06 bits per heavy atom. The fourth-order valence-corrected chi connectivity index (χ4v) is 2.38. The maximum atomic E-state index is 13.9. The Bertz CT molecular complexity index is 384. The van der Waals surface area contributed by atoms with Gasteiger partial charge in [0.2, 0.25) is 0 Å². The SMILES string of the molecule is COC1CCCN(c2c(F)cccc2CO)C1. The minimum atomic E-state index is -0.270. The Kier molecular flexibility index (Phi) is 3.97. The molecule has 1 saturated heterocycles. The number of piperidine rings is 1. The number of rotatable bonds is 3. The number of halogens is 1. The molecule has 1 unspecified atom stereocenters. The van der Waals surface area contributed by atoms with Crippen molar-refractivity contribution in [3.63, 3.8) is 0 Å². The first-order valence-electron chi connectivity index (χ1n) is 5.92. The first kappa shape index (κ1) is 12.3. The lowest BCUT2D eigenvalue weighted by Crippen LogP contribution is -2.40. The first-order valence-corrected chi connectivity index (χ1v) is 5.92. The molecule has 3 nitrogen and oxygen atoms in total. The monoisotopic (exact) mass is 239 g/mol. The molecule has 1 N–H and O–H groups in total. The topological polar surface area (TPSA) is 32.7 Å². The summed E-state index contributed by atoms with van der Waals surface area (Å²) in [6, 6.07) is 4.82. The normalized spacial score (nSPS) is 20.6. The van der Waals surface area contributed by atoms with Crippen LogP contribution in [0.3, 0.4) is 0 Å². The first-order chi connectivity index (χ1) is 8.26. The van der Waals surface area contributed by atoms with Crippen molar-refractivity contribution in [2.75, 3.05) is 25.1 Å². The predicted octanol–water partition coefficient (Wildman–Crippen LogP) is 1.93. The zero-order valence-electron chi connectivity index (χ0n) is 10.0. The van der Waals surface area contributed by atoms with Gasteiger partial charge in [0.05, 0.1) is 18.4 Å². The van der Waals surface area contributed by atoms with Gasteiger partial charge in [-0.1, -0.05) is 12.1 Å². The predicted molar refractivity (Wildman–Crippen MR) is 64.6 cm³/mol. The van der Waals surface area contributed by atoms with E-state index in [2.05, 4.69) is 0 Å². The summed E-state index contributed by atoms with van der Waals surface area (Å²) in [6.45, 7) is 1.36. The highest BCUT2D eigenvalue weighted by atomic mass is 19.1. The number of anilines is 1. The van der Waals surface area contributed by atoms with Crippen LogP contribution in [0, 0.1) is 5.82 Å². The molecule has 0 spiro atoms. The number of hydrogen-bond donors (Lipinski definition) is 1. The molecular formula is C13H18FNO2. The molecule has 1 aliphatic heterocycles. The molecule has 1 aromatic rings. The van der Waals surface area contributed by atoms with E-state index in [1.54, 1.807) is 19.2 Å². The molecule has 0 aromatic heterocycles. The number of para-hydroxylation sites is 1. The van der Waals surface area contributed by atoms with Crippen molar-refractivity contribution in [3.8, 4) is 0 Å². The van der Waals surface area contributed by atoms with Crippen molar-refractivity contribution in [2.45, 2.75) is 25.6 Å². The van der Waals surface area contributed by atoms with Gasteiger partial charge in [-0.2, -0.15) is 0 Å². The van der Waals surface area contributed by atoms with Crippen LogP contribution >= 0.6 is 0 Å². The van der Waals surface area contributed by atoms with Gasteiger partial charge in [-0.15, -0.1) is 0 Å². The van der Waals surface area contributed by atoms with Crippen LogP contribution in [-0.4, -0.2) is 31.4 Å². The number of aliphatic hydroxyl groups is 1. The van der Waals surface area contributed by atoms with Gasteiger partial charge in [0.15, 0.2) is 0 Å². The lowest BCUT2D eigenvalue weighted by atomic mass is 10.0. The summed E-state index contributed by atoms with van der Waals surface area (Å²) in [7, 11) is 1.68. The largest absolute Gasteiger partial charge is 0.392 e. The highest BCUT2D eigenvalue weighted by Gasteiger charge is 2.23. The number of aliphatic hydroxyl groups excluding tert-OH is 1. The van der Waals surface area contributed by atoms with Crippen LogP contribution in [0.2, 0.25) is 0 Å². The molecule has 1 heterocycles. The van der Waals surface area contributed by atoms with Crippen LogP contribution in [0.25, 0.3) is 0 Å². The average Bonchev–Trinajstić information content (AvgIpc) is 2.38. The molecule has 2 rings (SSSR count). The standard InChI is InChI=1S/C13H18FNO2/c1-17-11-5-3-7-15(8-11)13-10(9-16)4-2-6-12(13)14/h2,4,6,11,16H,3,5,7-9H2,1H3. The fourth-order valence-electron chi connectivity index (χ4n) is 2.38. The molecule has 0 bridgehead atoms. The minimum Gasteiger partial charge on any atom is -0.392 e. The molecule has 17 heavy (non-hydrogen) atoms. The Balaban J connectivity index is 2.26. The van der Waals surface area contributed by atoms with Crippen molar-refractivity contribution >= 4 is 5.69 Å². The van der Waals surface area contributed by atoms with Crippen LogP contribution in [-0.2, 0) is 11.3 Å². The van der Waals surface area contributed by atoms with Gasteiger partial charge < -0.3 is 14.7 Å². The van der Waals surface area contributed by atoms with E-state index in [1.165, 1.54) is 6.07 Å². The highest BCUT2D eigenvalue weighted by Crippen LogP contribution is 2.28. The van der Waals surface area contributed by atoms with Gasteiger partial charge >= 0.3 is 0 Å². The number of nitrogens with zero attached hydrogens (tertiary/aromatic N) is 1. The van der Waals surface area contributed by atoms with Crippen molar-refractivity contribution < 1.29 is 14.2 Å². The summed E-state index contributed by atoms with van der Waals surface area (Å²) in [5.74, 6) is -0.270. The second-order valence-corrected chi connectivity index (χ2v) is 4.35. The maximum absolute atomic E-state index is 13.9. The molecule has 4 heteroatoms. The molecule has 0 aliphatic carbocycles. The number of hydrogen-bond acceptors (Lipinski definition) is 3. The average molecular weight is 239 g/mol. The zero-order chi connectivity index (χ0) is 12.3. The summed E-state index contributed by atoms with van der Waals surface area (Å²) >= 11 is 0. The van der Waals surface area contributed by atoms with Crippen LogP contribution in [0.5, 0.6) is 0 Å². The van der Waals surface area contributed by atoms with Gasteiger partial charge in [-0.05, 0) is 18.9 Å². The van der Waals surface area contributed by atoms with E-state index < -0.39 is 0 Å². The van der Waals surface area contributed by atoms with E-state index in [-0.39, 0.29) is 18.5 Å². The van der Waals surface area contributed by atoms with E-state index in [0.29, 0.717) is 17.8 Å². The quantitative estimate of drug-likeness (QED) is 0.875. The molecule has 0 saturated carbocycles. The van der Waals surface area contributed by atoms with E-state index in [1.807, 2.05) is 4.90 Å². The van der Waals surface area contributed by atoms with Crippen molar-refractivity contribution in [3.05, 3.63) is 29.6 Å². The van der Waals surface area contributed by atoms with Gasteiger partial charge in [0, 0.05) is 25.8 Å². The summed E-state index contributed by atoms with van der Waals surface area (Å²) in [4.78, 5) is 1.97. The fraction of sp³-hybridized carbons (Fsp3) is 0.538. The molecule has 1 atom stereocenters. The third kappa shape index (κ3) is 2.58. The van der Waals surface area contributed by atoms with Gasteiger partial charge in [0.25, 0.3) is 0 Å². The van der Waals surface area contributed by atoms with E-state index in [4.69, 9.17) is 4.74 Å². The Morgan fingerprint density at radius 2 is 2.35 bits per heavy atom. The van der Waals surface area contributed by atoms with E-state index >= 15 is 0 Å². The number of benzene rings is 1. The zero-order valence-corrected chi connectivity index (χ0v) is 10.0. The summed E-state index contributed by atoms with van der Waals surface area (Å²) in [5, 5.41) is 9.27. The number of methoxy groups -OCH3 is 1. The molecule has 94 valence electrons. The highest BCUT2D eigenvalue weighted by molar-refractivity contribution is 5.55. The van der Waals surface area contributed by atoms with Crippen molar-refractivity contribution in [2.24, 2.45) is 0 Å². The van der Waals surface area contributed by atoms with E-state index in [0.717, 1.165) is 19.4 Å². The molecule has 0 radical (unpaired) electrons. The lowest BCUT2D eigenvalue weighted by Gasteiger charge is -2.34. The van der Waals surface area contributed by atoms with Crippen molar-refractivity contribution in [1.82, 2.24) is 0 Å². The van der Waals surface area contributed by atoms with Gasteiger partial charge in [-0.25, -0.2) is 4.39 Å². The third-order valence-corrected chi connectivity index (χ3v) is 3.27. The van der Waals surface area contributed by atoms with Crippen LogP contribution < -0.4 is 4.90 Å². The third-order valence-electron chi connectivity index (χ3n) is 3.27. The molecular weight excluding hydrogens is 221 g/mol. The summed E-state index contributed by atoms with van der Waals surface area (Å²) in [6.07, 6.45) is 2.14. The van der Waals surface area contributed by atoms with Crippen molar-refractivity contribution in [1.29, 1.82) is 0 Å². The number of ether oxygens (including phenoxy) is 1. The molecule has 0 amide bonds. The Labute approximate surface area is 101 Å². The minimum absolute atomic E-state index is 0.138. The second-order valence-electron chi connectivity index (χ2n) is 4.35. The Morgan fingerprint density at radius 1 is 1.53 bits per heavy atom.